The summed E-state index contributed by atoms with van der Waals surface area (Å²) >= 11 is 0. The molecule has 3 aliphatic carbocycles. The van der Waals surface area contributed by atoms with Gasteiger partial charge in [0.25, 0.3) is 0 Å². The van der Waals surface area contributed by atoms with E-state index < -0.39 is 12.1 Å². The predicted octanol–water partition coefficient (Wildman–Crippen LogP) is 4.41. The number of fused-ring (bicyclic) bond motifs is 3. The highest BCUT2D eigenvalue weighted by atomic mass is 16.5. The van der Waals surface area contributed by atoms with E-state index in [2.05, 4.69) is 29.6 Å². The van der Waals surface area contributed by atoms with Crippen LogP contribution in [0.4, 0.5) is 4.79 Å². The third kappa shape index (κ3) is 5.50. The molecule has 0 aliphatic heterocycles. The van der Waals surface area contributed by atoms with Gasteiger partial charge in [-0.1, -0.05) is 48.5 Å². The first kappa shape index (κ1) is 23.4. The van der Waals surface area contributed by atoms with Crippen molar-refractivity contribution in [1.29, 1.82) is 0 Å². The quantitative estimate of drug-likeness (QED) is 0.530. The number of aliphatic carboxylic acids is 1. The van der Waals surface area contributed by atoms with Gasteiger partial charge in [0.2, 0.25) is 5.91 Å². The second kappa shape index (κ2) is 10.1. The van der Waals surface area contributed by atoms with Crippen LogP contribution >= 0.6 is 0 Å². The van der Waals surface area contributed by atoms with Gasteiger partial charge in [-0.2, -0.15) is 0 Å². The smallest absolute Gasteiger partial charge is 0.407 e. The van der Waals surface area contributed by atoms with Gasteiger partial charge in [0, 0.05) is 31.5 Å². The maximum absolute atomic E-state index is 12.7. The Morgan fingerprint density at radius 1 is 0.943 bits per heavy atom. The lowest BCUT2D eigenvalue weighted by Gasteiger charge is -2.36. The van der Waals surface area contributed by atoms with Crippen LogP contribution in [-0.2, 0) is 14.3 Å². The van der Waals surface area contributed by atoms with E-state index in [1.54, 1.807) is 4.90 Å². The van der Waals surface area contributed by atoms with Crippen LogP contribution in [0.3, 0.4) is 0 Å². The second-order valence-corrected chi connectivity index (χ2v) is 10.1. The molecule has 2 amide bonds. The minimum Gasteiger partial charge on any atom is -0.481 e. The van der Waals surface area contributed by atoms with Crippen molar-refractivity contribution in [2.45, 2.75) is 50.5 Å². The molecule has 2 aromatic carbocycles. The van der Waals surface area contributed by atoms with Crippen LogP contribution in [0.1, 0.15) is 55.6 Å². The Balaban J connectivity index is 1.07. The molecule has 0 unspecified atom stereocenters. The van der Waals surface area contributed by atoms with Gasteiger partial charge in [0.05, 0.1) is 6.42 Å². The van der Waals surface area contributed by atoms with Crippen LogP contribution in [0, 0.1) is 11.8 Å². The molecule has 0 spiro atoms. The third-order valence-electron chi connectivity index (χ3n) is 7.49. The van der Waals surface area contributed by atoms with Crippen LogP contribution in [0.5, 0.6) is 0 Å². The highest BCUT2D eigenvalue weighted by molar-refractivity contribution is 5.79. The van der Waals surface area contributed by atoms with E-state index in [4.69, 9.17) is 9.84 Å². The SMILES string of the molecule is O=C(O)CCN(CC1CC1)C(=O)CC1CC(NC(=O)OCC2c3ccccc3-c3ccccc32)C1. The molecule has 0 saturated heterocycles. The summed E-state index contributed by atoms with van der Waals surface area (Å²) < 4.78 is 5.62. The third-order valence-corrected chi connectivity index (χ3v) is 7.49. The number of carboxylic acid groups (broad SMARTS) is 1. The van der Waals surface area contributed by atoms with Crippen LogP contribution in [0.2, 0.25) is 0 Å². The average molecular weight is 477 g/mol. The first-order valence-electron chi connectivity index (χ1n) is 12.6. The van der Waals surface area contributed by atoms with Crippen LogP contribution in [-0.4, -0.2) is 53.7 Å². The highest BCUT2D eigenvalue weighted by Gasteiger charge is 2.35. The van der Waals surface area contributed by atoms with Crippen molar-refractivity contribution in [3.8, 4) is 11.1 Å². The van der Waals surface area contributed by atoms with Gasteiger partial charge in [-0.15, -0.1) is 0 Å². The Hall–Kier alpha value is -3.35. The molecule has 2 N–H and O–H groups in total. The molecule has 7 nitrogen and oxygen atoms in total. The molecule has 0 atom stereocenters. The molecule has 0 bridgehead atoms. The molecule has 7 heteroatoms. The number of benzene rings is 2. The number of hydrogen-bond donors (Lipinski definition) is 2. The van der Waals surface area contributed by atoms with E-state index in [-0.39, 0.29) is 43.4 Å². The summed E-state index contributed by atoms with van der Waals surface area (Å²) in [5.41, 5.74) is 4.76. The van der Waals surface area contributed by atoms with Gasteiger partial charge in [-0.05, 0) is 59.8 Å². The average Bonchev–Trinajstić information content (AvgIpc) is 3.59. The van der Waals surface area contributed by atoms with Crippen LogP contribution < -0.4 is 5.32 Å². The Labute approximate surface area is 205 Å². The summed E-state index contributed by atoms with van der Waals surface area (Å²) in [6, 6.07) is 16.5. The molecule has 3 aliphatic rings. The maximum Gasteiger partial charge on any atom is 0.407 e. The lowest BCUT2D eigenvalue weighted by Crippen LogP contribution is -2.46. The number of ether oxygens (including phenoxy) is 1. The van der Waals surface area contributed by atoms with Gasteiger partial charge < -0.3 is 20.1 Å². The van der Waals surface area contributed by atoms with Crippen LogP contribution in [0.15, 0.2) is 48.5 Å². The van der Waals surface area contributed by atoms with Crippen LogP contribution in [0.25, 0.3) is 11.1 Å². The van der Waals surface area contributed by atoms with Crippen molar-refractivity contribution in [1.82, 2.24) is 10.2 Å². The lowest BCUT2D eigenvalue weighted by atomic mass is 9.78. The van der Waals surface area contributed by atoms with E-state index in [9.17, 15) is 14.4 Å². The molecular weight excluding hydrogens is 444 g/mol. The number of carbonyl (C=O) groups is 3. The minimum atomic E-state index is -0.880. The molecule has 0 heterocycles. The Kier molecular flexibility index (Phi) is 6.75. The fourth-order valence-corrected chi connectivity index (χ4v) is 5.36. The van der Waals surface area contributed by atoms with Crippen molar-refractivity contribution in [3.05, 3.63) is 59.7 Å². The summed E-state index contributed by atoms with van der Waals surface area (Å²) in [4.78, 5) is 37.9. The monoisotopic (exact) mass is 476 g/mol. The second-order valence-electron chi connectivity index (χ2n) is 10.1. The first-order chi connectivity index (χ1) is 17.0. The fourth-order valence-electron chi connectivity index (χ4n) is 5.36. The maximum atomic E-state index is 12.7. The zero-order valence-electron chi connectivity index (χ0n) is 19.8. The molecule has 0 aromatic heterocycles. The number of rotatable bonds is 10. The van der Waals surface area contributed by atoms with Gasteiger partial charge >= 0.3 is 12.1 Å². The normalized spacial score (nSPS) is 20.3. The zero-order chi connectivity index (χ0) is 24.4. The van der Waals surface area contributed by atoms with E-state index in [1.807, 2.05) is 24.3 Å². The Morgan fingerprint density at radius 3 is 2.17 bits per heavy atom. The van der Waals surface area contributed by atoms with Crippen molar-refractivity contribution < 1.29 is 24.2 Å². The lowest BCUT2D eigenvalue weighted by molar-refractivity contribution is -0.139. The topological polar surface area (TPSA) is 95.9 Å². The fraction of sp³-hybridized carbons (Fsp3) is 0.464. The molecule has 184 valence electrons. The van der Waals surface area contributed by atoms with E-state index in [1.165, 1.54) is 22.3 Å². The van der Waals surface area contributed by atoms with Crippen molar-refractivity contribution in [3.63, 3.8) is 0 Å². The van der Waals surface area contributed by atoms with E-state index in [0.717, 1.165) is 25.7 Å². The van der Waals surface area contributed by atoms with Gasteiger partial charge in [0.15, 0.2) is 0 Å². The zero-order valence-corrected chi connectivity index (χ0v) is 19.8. The molecule has 2 aromatic rings. The number of hydrogen-bond acceptors (Lipinski definition) is 4. The summed E-state index contributed by atoms with van der Waals surface area (Å²) in [7, 11) is 0. The van der Waals surface area contributed by atoms with Gasteiger partial charge in [-0.3, -0.25) is 9.59 Å². The Morgan fingerprint density at radius 2 is 1.57 bits per heavy atom. The number of nitrogens with zero attached hydrogens (tertiary/aromatic N) is 1. The summed E-state index contributed by atoms with van der Waals surface area (Å²) in [5, 5.41) is 11.9. The molecule has 35 heavy (non-hydrogen) atoms. The Bertz CT molecular complexity index is 1060. The highest BCUT2D eigenvalue weighted by Crippen LogP contribution is 2.44. The van der Waals surface area contributed by atoms with Gasteiger partial charge in [0.1, 0.15) is 6.61 Å². The van der Waals surface area contributed by atoms with Crippen molar-refractivity contribution >= 4 is 18.0 Å². The van der Waals surface area contributed by atoms with E-state index in [0.29, 0.717) is 18.9 Å². The summed E-state index contributed by atoms with van der Waals surface area (Å²) in [6.45, 7) is 1.23. The molecule has 0 radical (unpaired) electrons. The molecular formula is C28H32N2O5. The predicted molar refractivity (Wildman–Crippen MR) is 131 cm³/mol. The number of nitrogens with one attached hydrogen (secondary N) is 1. The first-order valence-corrected chi connectivity index (χ1v) is 12.6. The number of amides is 2. The number of carbonyl (C=O) groups excluding carboxylic acids is 2. The van der Waals surface area contributed by atoms with E-state index >= 15 is 0 Å². The number of carboxylic acids is 1. The van der Waals surface area contributed by atoms with Gasteiger partial charge in [-0.25, -0.2) is 4.79 Å². The molecule has 2 saturated carbocycles. The van der Waals surface area contributed by atoms with Crippen molar-refractivity contribution in [2.75, 3.05) is 19.7 Å². The standard InChI is InChI=1S/C28H32N2O5/c31-26(30(12-11-27(32)33)16-18-9-10-18)15-19-13-20(14-19)29-28(34)35-17-25-23-7-3-1-5-21(23)22-6-2-4-8-24(22)25/h1-8,18-20,25H,9-17H2,(H,29,34)(H,32,33). The summed E-state index contributed by atoms with van der Waals surface area (Å²) in [6.07, 6.45) is 3.69. The minimum absolute atomic E-state index is 0.0133. The number of alkyl carbamates (subject to hydrolysis) is 1. The molecule has 5 rings (SSSR count). The summed E-state index contributed by atoms with van der Waals surface area (Å²) in [5.74, 6) is -0.0782. The molecule has 2 fully saturated rings. The largest absolute Gasteiger partial charge is 0.481 e. The van der Waals surface area contributed by atoms with Crippen molar-refractivity contribution in [2.24, 2.45) is 11.8 Å².